The number of ether oxygens (including phenoxy) is 2. The highest BCUT2D eigenvalue weighted by Gasteiger charge is 2.31. The maximum absolute atomic E-state index is 11.6. The minimum Gasteiger partial charge on any atom is -0.446 e. The summed E-state index contributed by atoms with van der Waals surface area (Å²) in [5, 5.41) is 2.79. The van der Waals surface area contributed by atoms with Gasteiger partial charge in [0.05, 0.1) is 12.2 Å². The SMILES string of the molecule is CC(C)(C)NC(=O)OC1CCOC(C)(C)C1. The van der Waals surface area contributed by atoms with Crippen molar-refractivity contribution in [1.29, 1.82) is 0 Å². The Labute approximate surface area is 97.7 Å². The smallest absolute Gasteiger partial charge is 0.407 e. The Bertz CT molecular complexity index is 255. The average Bonchev–Trinajstić information content (AvgIpc) is 1.96. The highest BCUT2D eigenvalue weighted by atomic mass is 16.6. The molecule has 1 aliphatic rings. The van der Waals surface area contributed by atoms with Crippen LogP contribution in [-0.4, -0.2) is 29.9 Å². The maximum Gasteiger partial charge on any atom is 0.407 e. The zero-order valence-corrected chi connectivity index (χ0v) is 10.9. The second-order valence-corrected chi connectivity index (χ2v) is 6.00. The van der Waals surface area contributed by atoms with Gasteiger partial charge >= 0.3 is 6.09 Å². The van der Waals surface area contributed by atoms with Crippen LogP contribution in [0.15, 0.2) is 0 Å². The Hall–Kier alpha value is -0.770. The summed E-state index contributed by atoms with van der Waals surface area (Å²) < 4.78 is 10.9. The molecule has 16 heavy (non-hydrogen) atoms. The monoisotopic (exact) mass is 229 g/mol. The number of hydrogen-bond donors (Lipinski definition) is 1. The molecule has 1 rings (SSSR count). The summed E-state index contributed by atoms with van der Waals surface area (Å²) >= 11 is 0. The Kier molecular flexibility index (Phi) is 3.84. The largest absolute Gasteiger partial charge is 0.446 e. The van der Waals surface area contributed by atoms with Gasteiger partial charge in [-0.15, -0.1) is 0 Å². The van der Waals surface area contributed by atoms with E-state index in [4.69, 9.17) is 9.47 Å². The van der Waals surface area contributed by atoms with Crippen molar-refractivity contribution in [1.82, 2.24) is 5.32 Å². The van der Waals surface area contributed by atoms with Gasteiger partial charge in [0.1, 0.15) is 6.10 Å². The fourth-order valence-electron chi connectivity index (χ4n) is 1.76. The summed E-state index contributed by atoms with van der Waals surface area (Å²) in [6.45, 7) is 10.5. The number of amides is 1. The molecule has 0 aromatic rings. The van der Waals surface area contributed by atoms with Crippen molar-refractivity contribution in [3.8, 4) is 0 Å². The van der Waals surface area contributed by atoms with Gasteiger partial charge in [0.15, 0.2) is 0 Å². The normalized spacial score (nSPS) is 24.9. The van der Waals surface area contributed by atoms with Crippen molar-refractivity contribution in [2.75, 3.05) is 6.61 Å². The van der Waals surface area contributed by atoms with Crippen molar-refractivity contribution >= 4 is 6.09 Å². The summed E-state index contributed by atoms with van der Waals surface area (Å²) in [4.78, 5) is 11.6. The predicted octanol–water partition coefficient (Wildman–Crippen LogP) is 2.47. The van der Waals surface area contributed by atoms with Gasteiger partial charge < -0.3 is 14.8 Å². The van der Waals surface area contributed by atoms with Crippen molar-refractivity contribution in [2.45, 2.75) is 64.7 Å². The van der Waals surface area contributed by atoms with Gasteiger partial charge in [0.2, 0.25) is 0 Å². The first-order valence-corrected chi connectivity index (χ1v) is 5.81. The van der Waals surface area contributed by atoms with Crippen LogP contribution in [0.2, 0.25) is 0 Å². The second kappa shape index (κ2) is 4.62. The summed E-state index contributed by atoms with van der Waals surface area (Å²) in [7, 11) is 0. The van der Waals surface area contributed by atoms with E-state index >= 15 is 0 Å². The first-order chi connectivity index (χ1) is 7.18. The Balaban J connectivity index is 2.40. The highest BCUT2D eigenvalue weighted by molar-refractivity contribution is 5.68. The molecule has 1 heterocycles. The Morgan fingerprint density at radius 2 is 2.06 bits per heavy atom. The minimum absolute atomic E-state index is 0.0360. The molecule has 0 radical (unpaired) electrons. The Morgan fingerprint density at radius 1 is 1.44 bits per heavy atom. The molecule has 1 unspecified atom stereocenters. The van der Waals surface area contributed by atoms with Crippen LogP contribution >= 0.6 is 0 Å². The van der Waals surface area contributed by atoms with Crippen molar-refractivity contribution in [3.63, 3.8) is 0 Å². The lowest BCUT2D eigenvalue weighted by molar-refractivity contribution is -0.0984. The van der Waals surface area contributed by atoms with Crippen molar-refractivity contribution < 1.29 is 14.3 Å². The number of hydrogen-bond acceptors (Lipinski definition) is 3. The van der Waals surface area contributed by atoms with E-state index in [2.05, 4.69) is 5.32 Å². The molecule has 1 atom stereocenters. The number of carbonyl (C=O) groups excluding carboxylic acids is 1. The standard InChI is InChI=1S/C12H23NO3/c1-11(2,3)13-10(14)16-9-6-7-15-12(4,5)8-9/h9H,6-8H2,1-5H3,(H,13,14). The quantitative estimate of drug-likeness (QED) is 0.751. The summed E-state index contributed by atoms with van der Waals surface area (Å²) in [6.07, 6.45) is 1.16. The van der Waals surface area contributed by atoms with E-state index < -0.39 is 0 Å². The summed E-state index contributed by atoms with van der Waals surface area (Å²) in [6, 6.07) is 0. The molecule has 1 N–H and O–H groups in total. The zero-order valence-electron chi connectivity index (χ0n) is 10.9. The van der Waals surface area contributed by atoms with Gasteiger partial charge in [-0.1, -0.05) is 0 Å². The number of nitrogens with one attached hydrogen (secondary N) is 1. The molecule has 4 nitrogen and oxygen atoms in total. The molecule has 0 bridgehead atoms. The van der Waals surface area contributed by atoms with Gasteiger partial charge in [-0.2, -0.15) is 0 Å². The third kappa shape index (κ3) is 4.84. The molecule has 4 heteroatoms. The molecule has 94 valence electrons. The average molecular weight is 229 g/mol. The van der Waals surface area contributed by atoms with E-state index in [1.807, 2.05) is 34.6 Å². The molecule has 1 fully saturated rings. The first-order valence-electron chi connectivity index (χ1n) is 5.81. The molecular weight excluding hydrogens is 206 g/mol. The van der Waals surface area contributed by atoms with Gasteiger partial charge in [0.25, 0.3) is 0 Å². The van der Waals surface area contributed by atoms with E-state index in [0.717, 1.165) is 12.8 Å². The highest BCUT2D eigenvalue weighted by Crippen LogP contribution is 2.25. The first kappa shape index (κ1) is 13.3. The van der Waals surface area contributed by atoms with Crippen LogP contribution in [0.1, 0.15) is 47.5 Å². The molecule has 1 saturated heterocycles. The van der Waals surface area contributed by atoms with Gasteiger partial charge in [-0.3, -0.25) is 0 Å². The predicted molar refractivity (Wildman–Crippen MR) is 62.4 cm³/mol. The van der Waals surface area contributed by atoms with E-state index in [-0.39, 0.29) is 23.3 Å². The van der Waals surface area contributed by atoms with Crippen LogP contribution in [0.3, 0.4) is 0 Å². The molecular formula is C12H23NO3. The third-order valence-electron chi connectivity index (χ3n) is 2.40. The second-order valence-electron chi connectivity index (χ2n) is 6.00. The maximum atomic E-state index is 11.6. The van der Waals surface area contributed by atoms with Crippen LogP contribution in [-0.2, 0) is 9.47 Å². The van der Waals surface area contributed by atoms with Crippen LogP contribution in [0.5, 0.6) is 0 Å². The number of alkyl carbamates (subject to hydrolysis) is 1. The fraction of sp³-hybridized carbons (Fsp3) is 0.917. The summed E-state index contributed by atoms with van der Waals surface area (Å²) in [5.74, 6) is 0. The van der Waals surface area contributed by atoms with Gasteiger partial charge in [-0.05, 0) is 34.6 Å². The van der Waals surface area contributed by atoms with E-state index in [9.17, 15) is 4.79 Å². The molecule has 0 saturated carbocycles. The van der Waals surface area contributed by atoms with Gasteiger partial charge in [-0.25, -0.2) is 4.79 Å². The lowest BCUT2D eigenvalue weighted by Gasteiger charge is -2.35. The van der Waals surface area contributed by atoms with Crippen LogP contribution in [0.25, 0.3) is 0 Å². The van der Waals surface area contributed by atoms with Crippen molar-refractivity contribution in [3.05, 3.63) is 0 Å². The molecule has 0 aliphatic carbocycles. The van der Waals surface area contributed by atoms with Crippen LogP contribution in [0, 0.1) is 0 Å². The zero-order chi connectivity index (χ0) is 12.4. The van der Waals surface area contributed by atoms with E-state index in [1.165, 1.54) is 0 Å². The topological polar surface area (TPSA) is 47.6 Å². The molecule has 1 amide bonds. The number of carbonyl (C=O) groups is 1. The lowest BCUT2D eigenvalue weighted by Crippen LogP contribution is -2.45. The Morgan fingerprint density at radius 3 is 2.56 bits per heavy atom. The van der Waals surface area contributed by atoms with Crippen LogP contribution < -0.4 is 5.32 Å². The number of rotatable bonds is 1. The van der Waals surface area contributed by atoms with Crippen LogP contribution in [0.4, 0.5) is 4.79 Å². The minimum atomic E-state index is -0.338. The molecule has 0 spiro atoms. The fourth-order valence-corrected chi connectivity index (χ4v) is 1.76. The third-order valence-corrected chi connectivity index (χ3v) is 2.40. The molecule has 0 aromatic heterocycles. The van der Waals surface area contributed by atoms with E-state index in [0.29, 0.717) is 6.61 Å². The molecule has 0 aromatic carbocycles. The van der Waals surface area contributed by atoms with E-state index in [1.54, 1.807) is 0 Å². The summed E-state index contributed by atoms with van der Waals surface area (Å²) in [5.41, 5.74) is -0.442. The molecule has 1 aliphatic heterocycles. The van der Waals surface area contributed by atoms with Gasteiger partial charge in [0, 0.05) is 18.4 Å². The van der Waals surface area contributed by atoms with Crippen molar-refractivity contribution in [2.24, 2.45) is 0 Å². The lowest BCUT2D eigenvalue weighted by atomic mass is 9.96.